The highest BCUT2D eigenvalue weighted by atomic mass is 14.9. The van der Waals surface area contributed by atoms with Crippen molar-refractivity contribution in [2.24, 2.45) is 51.8 Å². The minimum absolute atomic E-state index is 0.465. The van der Waals surface area contributed by atoms with Gasteiger partial charge in [0.15, 0.2) is 0 Å². The molecule has 40 heavy (non-hydrogen) atoms. The second-order valence-electron chi connectivity index (χ2n) is 16.3. The number of fused-ring (bicyclic) bond motifs is 5. The molecule has 3 fully saturated rings. The Bertz CT molecular complexity index is 910. The van der Waals surface area contributed by atoms with Crippen molar-refractivity contribution in [2.75, 3.05) is 6.54 Å². The average molecular weight is 550 g/mol. The van der Waals surface area contributed by atoms with E-state index in [0.717, 1.165) is 48.5 Å². The Labute approximate surface area is 250 Å². The third-order valence-electron chi connectivity index (χ3n) is 13.6. The van der Waals surface area contributed by atoms with Crippen molar-refractivity contribution in [3.63, 3.8) is 0 Å². The first-order valence-corrected chi connectivity index (χ1v) is 17.7. The zero-order valence-corrected chi connectivity index (χ0v) is 28.0. The van der Waals surface area contributed by atoms with Crippen LogP contribution in [0.3, 0.4) is 0 Å². The van der Waals surface area contributed by atoms with Crippen LogP contribution < -0.4 is 5.32 Å². The molecule has 4 rings (SSSR count). The molecule has 1 N–H and O–H groups in total. The van der Waals surface area contributed by atoms with E-state index in [1.54, 1.807) is 0 Å². The van der Waals surface area contributed by atoms with Gasteiger partial charge in [-0.1, -0.05) is 98.1 Å². The number of allylic oxidation sites excluding steroid dienone is 4. The van der Waals surface area contributed by atoms with Gasteiger partial charge in [-0.3, -0.25) is 0 Å². The first-order chi connectivity index (χ1) is 18.9. The first kappa shape index (κ1) is 31.9. The van der Waals surface area contributed by atoms with Gasteiger partial charge in [0.1, 0.15) is 0 Å². The van der Waals surface area contributed by atoms with Crippen LogP contribution in [0.2, 0.25) is 0 Å². The summed E-state index contributed by atoms with van der Waals surface area (Å²) in [6.45, 7) is 27.6. The third kappa shape index (κ3) is 6.34. The van der Waals surface area contributed by atoms with E-state index in [2.05, 4.69) is 73.0 Å². The Kier molecular flexibility index (Phi) is 10.5. The topological polar surface area (TPSA) is 12.0 Å². The van der Waals surface area contributed by atoms with Crippen molar-refractivity contribution in [2.45, 2.75) is 151 Å². The summed E-state index contributed by atoms with van der Waals surface area (Å²) < 4.78 is 0. The van der Waals surface area contributed by atoms with Crippen LogP contribution in [0.1, 0.15) is 151 Å². The molecular formula is C39H67N. The fourth-order valence-corrected chi connectivity index (χ4v) is 10.6. The molecule has 0 aromatic carbocycles. The van der Waals surface area contributed by atoms with Crippen LogP contribution in [0, 0.1) is 51.8 Å². The third-order valence-corrected chi connectivity index (χ3v) is 13.6. The fraction of sp³-hybridized carbons (Fsp3) is 0.846. The van der Waals surface area contributed by atoms with Gasteiger partial charge in [0.05, 0.1) is 0 Å². The normalized spacial score (nSPS) is 37.8. The highest BCUT2D eigenvalue weighted by Gasteiger charge is 2.63. The van der Waals surface area contributed by atoms with E-state index in [4.69, 9.17) is 0 Å². The first-order valence-electron chi connectivity index (χ1n) is 17.7. The minimum Gasteiger partial charge on any atom is -0.389 e. The van der Waals surface area contributed by atoms with Gasteiger partial charge < -0.3 is 5.32 Å². The van der Waals surface area contributed by atoms with Crippen LogP contribution in [0.5, 0.6) is 0 Å². The predicted octanol–water partition coefficient (Wildman–Crippen LogP) is 11.7. The molecule has 0 amide bonds. The van der Waals surface area contributed by atoms with Crippen LogP contribution in [-0.2, 0) is 0 Å². The standard InChI is InChI=1S/C39H67N/c1-10-25-40-31(6)16-12-14-29(4)26-32-19-22-37(7)33(27-32)17-18-34-35(37)20-24-39(9)36(34)21-23-38(39,8)30(5)15-11-13-28(2)3/h17,28,30,32,34-36,40H,4,6,10-16,18-27H2,1-3,5,7-9H3/t30-,32-,34?,35?,36?,37?,38-,39?/m1/s1. The molecule has 8 atom stereocenters. The zero-order chi connectivity index (χ0) is 29.1. The van der Waals surface area contributed by atoms with E-state index in [1.807, 2.05) is 5.57 Å². The van der Waals surface area contributed by atoms with Crippen molar-refractivity contribution in [1.29, 1.82) is 0 Å². The summed E-state index contributed by atoms with van der Waals surface area (Å²) >= 11 is 0. The molecule has 5 unspecified atom stereocenters. The molecule has 0 bridgehead atoms. The lowest BCUT2D eigenvalue weighted by Gasteiger charge is -2.60. The average Bonchev–Trinajstić information content (AvgIpc) is 3.19. The van der Waals surface area contributed by atoms with E-state index in [9.17, 15) is 0 Å². The highest BCUT2D eigenvalue weighted by molar-refractivity contribution is 5.26. The molecule has 4 aliphatic rings. The molecule has 0 aliphatic heterocycles. The maximum absolute atomic E-state index is 4.52. The molecule has 1 heteroatoms. The Balaban J connectivity index is 1.35. The molecule has 0 saturated heterocycles. The maximum atomic E-state index is 4.52. The van der Waals surface area contributed by atoms with Crippen LogP contribution in [0.25, 0.3) is 0 Å². The van der Waals surface area contributed by atoms with Crippen molar-refractivity contribution in [3.05, 3.63) is 36.1 Å². The lowest BCUT2D eigenvalue weighted by atomic mass is 9.44. The molecule has 0 aromatic rings. The minimum atomic E-state index is 0.465. The number of hydrogen-bond donors (Lipinski definition) is 1. The number of hydrogen-bond acceptors (Lipinski definition) is 1. The van der Waals surface area contributed by atoms with Crippen LogP contribution >= 0.6 is 0 Å². The highest BCUT2D eigenvalue weighted by Crippen LogP contribution is 2.71. The van der Waals surface area contributed by atoms with Gasteiger partial charge >= 0.3 is 0 Å². The van der Waals surface area contributed by atoms with Crippen LogP contribution in [0.15, 0.2) is 36.1 Å². The summed E-state index contributed by atoms with van der Waals surface area (Å²) in [5, 5.41) is 3.45. The Morgan fingerprint density at radius 2 is 1.70 bits per heavy atom. The molecule has 0 heterocycles. The predicted molar refractivity (Wildman–Crippen MR) is 176 cm³/mol. The van der Waals surface area contributed by atoms with Crippen LogP contribution in [-0.4, -0.2) is 6.54 Å². The van der Waals surface area contributed by atoms with Gasteiger partial charge in [0.2, 0.25) is 0 Å². The molecule has 0 aromatic heterocycles. The monoisotopic (exact) mass is 550 g/mol. The lowest BCUT2D eigenvalue weighted by Crippen LogP contribution is -2.52. The van der Waals surface area contributed by atoms with Crippen molar-refractivity contribution >= 4 is 0 Å². The largest absolute Gasteiger partial charge is 0.389 e. The second kappa shape index (κ2) is 13.1. The summed E-state index contributed by atoms with van der Waals surface area (Å²) in [5.41, 5.74) is 6.07. The van der Waals surface area contributed by atoms with E-state index in [-0.39, 0.29) is 0 Å². The Hall–Kier alpha value is -0.980. The quantitative estimate of drug-likeness (QED) is 0.212. The van der Waals surface area contributed by atoms with E-state index >= 15 is 0 Å². The van der Waals surface area contributed by atoms with Crippen molar-refractivity contribution in [1.82, 2.24) is 5.32 Å². The zero-order valence-electron chi connectivity index (χ0n) is 28.0. The number of nitrogens with one attached hydrogen (secondary N) is 1. The Morgan fingerprint density at radius 3 is 2.42 bits per heavy atom. The van der Waals surface area contributed by atoms with Gasteiger partial charge in [0, 0.05) is 12.2 Å². The smallest absolute Gasteiger partial charge is 0.0141 e. The summed E-state index contributed by atoms with van der Waals surface area (Å²) in [7, 11) is 0. The summed E-state index contributed by atoms with van der Waals surface area (Å²) in [5.74, 6) is 5.32. The van der Waals surface area contributed by atoms with E-state index in [1.165, 1.54) is 108 Å². The fourth-order valence-electron chi connectivity index (χ4n) is 10.6. The summed E-state index contributed by atoms with van der Waals surface area (Å²) in [6, 6.07) is 0. The maximum Gasteiger partial charge on any atom is 0.0141 e. The second-order valence-corrected chi connectivity index (χ2v) is 16.3. The molecule has 0 radical (unpaired) electrons. The van der Waals surface area contributed by atoms with E-state index in [0.29, 0.717) is 16.2 Å². The Morgan fingerprint density at radius 1 is 0.950 bits per heavy atom. The molecular weight excluding hydrogens is 482 g/mol. The van der Waals surface area contributed by atoms with Gasteiger partial charge in [-0.05, 0) is 135 Å². The molecule has 0 spiro atoms. The molecule has 228 valence electrons. The molecule has 1 nitrogen and oxygen atoms in total. The summed E-state index contributed by atoms with van der Waals surface area (Å²) in [4.78, 5) is 0. The van der Waals surface area contributed by atoms with Gasteiger partial charge in [-0.25, -0.2) is 0 Å². The number of rotatable bonds is 14. The van der Waals surface area contributed by atoms with Gasteiger partial charge in [0.25, 0.3) is 0 Å². The SMILES string of the molecule is C=C(CCCC(=C)NCCC)C[C@H]1CCC2(C)C(=CCC3C2CCC2(C)C3CC[C@]2(C)[C@H](C)CCCC(C)C)C1. The molecule has 3 saturated carbocycles. The van der Waals surface area contributed by atoms with E-state index < -0.39 is 0 Å². The van der Waals surface area contributed by atoms with Crippen molar-refractivity contribution in [3.8, 4) is 0 Å². The summed E-state index contributed by atoms with van der Waals surface area (Å²) in [6.07, 6.45) is 24.4. The molecule has 4 aliphatic carbocycles. The van der Waals surface area contributed by atoms with Gasteiger partial charge in [-0.15, -0.1) is 0 Å². The van der Waals surface area contributed by atoms with Gasteiger partial charge in [-0.2, -0.15) is 0 Å². The van der Waals surface area contributed by atoms with Crippen LogP contribution in [0.4, 0.5) is 0 Å². The van der Waals surface area contributed by atoms with Crippen molar-refractivity contribution < 1.29 is 0 Å². The lowest BCUT2D eigenvalue weighted by molar-refractivity contribution is -0.0867.